The summed E-state index contributed by atoms with van der Waals surface area (Å²) in [6.45, 7) is 5.66. The third-order valence-corrected chi connectivity index (χ3v) is 3.23. The van der Waals surface area contributed by atoms with E-state index in [9.17, 15) is 8.63 Å². The SMILES string of the molecule is CC1=CC=CN/C1=C(/C)c1c(C)ccc[n+]1B(F)F. The summed E-state index contributed by atoms with van der Waals surface area (Å²) in [6.07, 6.45) is 7.07. The number of rotatable bonds is 2. The van der Waals surface area contributed by atoms with Crippen LogP contribution in [-0.4, -0.2) is 7.40 Å². The first-order valence-electron chi connectivity index (χ1n) is 6.13. The van der Waals surface area contributed by atoms with Crippen LogP contribution in [0.5, 0.6) is 0 Å². The maximum Gasteiger partial charge on any atom is 0.934 e. The molecule has 1 aromatic rings. The number of dihydropyridines is 1. The van der Waals surface area contributed by atoms with Crippen molar-refractivity contribution in [1.29, 1.82) is 0 Å². The number of hydrogen-bond acceptors (Lipinski definition) is 1. The molecule has 1 aliphatic rings. The van der Waals surface area contributed by atoms with Gasteiger partial charge in [0, 0.05) is 23.4 Å². The molecule has 1 N–H and O–H groups in total. The predicted molar refractivity (Wildman–Crippen MR) is 73.4 cm³/mol. The van der Waals surface area contributed by atoms with E-state index < -0.39 is 7.40 Å². The lowest BCUT2D eigenvalue weighted by atomic mass is 9.98. The maximum atomic E-state index is 13.1. The first-order valence-corrected chi connectivity index (χ1v) is 6.13. The molecule has 1 aliphatic heterocycles. The zero-order valence-electron chi connectivity index (χ0n) is 11.2. The largest absolute Gasteiger partial charge is 0.934 e. The Morgan fingerprint density at radius 1 is 1.32 bits per heavy atom. The van der Waals surface area contributed by atoms with Gasteiger partial charge in [0.2, 0.25) is 0 Å². The van der Waals surface area contributed by atoms with E-state index in [0.29, 0.717) is 5.69 Å². The minimum Gasteiger partial charge on any atom is -0.361 e. The highest BCUT2D eigenvalue weighted by molar-refractivity contribution is 6.31. The molecule has 98 valence electrons. The van der Waals surface area contributed by atoms with E-state index >= 15 is 0 Å². The van der Waals surface area contributed by atoms with Crippen molar-refractivity contribution in [2.75, 3.05) is 0 Å². The van der Waals surface area contributed by atoms with Crippen molar-refractivity contribution in [2.24, 2.45) is 0 Å². The predicted octanol–water partition coefficient (Wildman–Crippen LogP) is 2.85. The summed E-state index contributed by atoms with van der Waals surface area (Å²) >= 11 is 0. The van der Waals surface area contributed by atoms with Crippen LogP contribution in [0.4, 0.5) is 8.63 Å². The van der Waals surface area contributed by atoms with Gasteiger partial charge in [-0.3, -0.25) is 0 Å². The van der Waals surface area contributed by atoms with Gasteiger partial charge in [-0.15, -0.1) is 0 Å². The second-order valence-electron chi connectivity index (χ2n) is 4.58. The fraction of sp³-hybridized carbons (Fsp3) is 0.214. The van der Waals surface area contributed by atoms with Gasteiger partial charge in [0.1, 0.15) is 6.20 Å². The van der Waals surface area contributed by atoms with Crippen molar-refractivity contribution in [3.63, 3.8) is 0 Å². The van der Waals surface area contributed by atoms with E-state index in [1.807, 2.05) is 39.0 Å². The smallest absolute Gasteiger partial charge is 0.361 e. The molecule has 0 bridgehead atoms. The van der Waals surface area contributed by atoms with Crippen molar-refractivity contribution in [2.45, 2.75) is 20.8 Å². The molecule has 2 heterocycles. The second-order valence-corrected chi connectivity index (χ2v) is 4.58. The third-order valence-electron chi connectivity index (χ3n) is 3.23. The Labute approximate surface area is 112 Å². The highest BCUT2D eigenvalue weighted by Crippen LogP contribution is 2.23. The zero-order valence-corrected chi connectivity index (χ0v) is 11.2. The Morgan fingerprint density at radius 3 is 2.68 bits per heavy atom. The summed E-state index contributed by atoms with van der Waals surface area (Å²) in [5, 5.41) is 3.13. The van der Waals surface area contributed by atoms with Gasteiger partial charge in [-0.25, -0.2) is 13.1 Å². The summed E-state index contributed by atoms with van der Waals surface area (Å²) in [6, 6.07) is 3.48. The maximum absolute atomic E-state index is 13.1. The highest BCUT2D eigenvalue weighted by Gasteiger charge is 2.36. The van der Waals surface area contributed by atoms with Crippen LogP contribution in [-0.2, 0) is 0 Å². The molecule has 0 radical (unpaired) electrons. The minimum atomic E-state index is -2.55. The molecular weight excluding hydrogens is 245 g/mol. The lowest BCUT2D eigenvalue weighted by Gasteiger charge is -2.16. The van der Waals surface area contributed by atoms with Gasteiger partial charge in [0.15, 0.2) is 5.69 Å². The van der Waals surface area contributed by atoms with E-state index in [1.165, 1.54) is 6.20 Å². The Balaban J connectivity index is 2.62. The van der Waals surface area contributed by atoms with Crippen LogP contribution >= 0.6 is 0 Å². The first kappa shape index (κ1) is 13.5. The molecule has 2 rings (SSSR count). The minimum absolute atomic E-state index is 0.558. The lowest BCUT2D eigenvalue weighted by Crippen LogP contribution is -2.49. The van der Waals surface area contributed by atoms with Gasteiger partial charge >= 0.3 is 7.40 Å². The van der Waals surface area contributed by atoms with Crippen LogP contribution in [0, 0.1) is 6.92 Å². The number of aromatic nitrogens is 1. The molecule has 19 heavy (non-hydrogen) atoms. The van der Waals surface area contributed by atoms with Crippen LogP contribution in [0.15, 0.2) is 48.0 Å². The quantitative estimate of drug-likeness (QED) is 0.809. The third kappa shape index (κ3) is 2.60. The van der Waals surface area contributed by atoms with Crippen LogP contribution in [0.25, 0.3) is 5.57 Å². The van der Waals surface area contributed by atoms with Gasteiger partial charge in [-0.2, -0.15) is 0 Å². The summed E-state index contributed by atoms with van der Waals surface area (Å²) in [5.41, 5.74) is 4.12. The van der Waals surface area contributed by atoms with Gasteiger partial charge in [0.05, 0.1) is 5.70 Å². The number of halogens is 2. The van der Waals surface area contributed by atoms with Crippen LogP contribution in [0.3, 0.4) is 0 Å². The second kappa shape index (κ2) is 5.39. The van der Waals surface area contributed by atoms with E-state index in [1.54, 1.807) is 12.3 Å². The lowest BCUT2D eigenvalue weighted by molar-refractivity contribution is -0.557. The molecule has 0 saturated heterocycles. The normalized spacial score (nSPS) is 16.8. The summed E-state index contributed by atoms with van der Waals surface area (Å²) < 4.78 is 27.3. The molecule has 2 nitrogen and oxygen atoms in total. The number of pyridine rings is 1. The van der Waals surface area contributed by atoms with Crippen molar-refractivity contribution in [3.05, 3.63) is 59.2 Å². The number of aryl methyl sites for hydroxylation is 1. The van der Waals surface area contributed by atoms with Gasteiger partial charge in [-0.1, -0.05) is 6.08 Å². The fourth-order valence-corrected chi connectivity index (χ4v) is 2.33. The average Bonchev–Trinajstić information content (AvgIpc) is 2.38. The molecule has 1 aromatic heterocycles. The Kier molecular flexibility index (Phi) is 3.83. The molecule has 0 aromatic carbocycles. The Hall–Kier alpha value is -1.91. The Morgan fingerprint density at radius 2 is 2.05 bits per heavy atom. The van der Waals surface area contributed by atoms with Gasteiger partial charge in [0.25, 0.3) is 0 Å². The zero-order chi connectivity index (χ0) is 14.0. The van der Waals surface area contributed by atoms with E-state index in [0.717, 1.165) is 26.9 Å². The van der Waals surface area contributed by atoms with Crippen molar-refractivity contribution >= 4 is 13.0 Å². The van der Waals surface area contributed by atoms with Gasteiger partial charge < -0.3 is 5.32 Å². The summed E-state index contributed by atoms with van der Waals surface area (Å²) in [4.78, 5) is 0. The molecule has 0 saturated carbocycles. The summed E-state index contributed by atoms with van der Waals surface area (Å²) in [5.74, 6) is 0. The number of hydrogen-bond donors (Lipinski definition) is 1. The van der Waals surface area contributed by atoms with Crippen molar-refractivity contribution < 1.29 is 13.1 Å². The molecule has 0 amide bonds. The summed E-state index contributed by atoms with van der Waals surface area (Å²) in [7, 11) is -2.55. The van der Waals surface area contributed by atoms with Crippen LogP contribution in [0.2, 0.25) is 0 Å². The number of allylic oxidation sites excluding steroid dienone is 4. The van der Waals surface area contributed by atoms with Gasteiger partial charge in [-0.05, 0) is 38.5 Å². The average molecular weight is 261 g/mol. The van der Waals surface area contributed by atoms with Crippen molar-refractivity contribution in [3.8, 4) is 0 Å². The molecule has 0 atom stereocenters. The van der Waals surface area contributed by atoms with Crippen LogP contribution < -0.4 is 9.79 Å². The standard InChI is InChI=1S/C14H15BF2N2/c1-10-6-4-8-18-13(10)12(3)14-11(2)7-5-9-19(14)15(16)17/h4-9H,1-3H3/p+1. The van der Waals surface area contributed by atoms with E-state index in [-0.39, 0.29) is 0 Å². The van der Waals surface area contributed by atoms with Crippen molar-refractivity contribution in [1.82, 2.24) is 5.32 Å². The van der Waals surface area contributed by atoms with Crippen LogP contribution in [0.1, 0.15) is 25.1 Å². The molecular formula is C14H16BF2N2+. The molecule has 0 spiro atoms. The van der Waals surface area contributed by atoms with E-state index in [4.69, 9.17) is 0 Å². The molecule has 5 heteroatoms. The molecule has 0 unspecified atom stereocenters. The highest BCUT2D eigenvalue weighted by atomic mass is 19.2. The number of nitrogens with zero attached hydrogens (tertiary/aromatic N) is 1. The Bertz CT molecular complexity index is 589. The number of nitrogens with one attached hydrogen (secondary N) is 1. The monoisotopic (exact) mass is 261 g/mol. The first-order chi connectivity index (χ1) is 9.02. The topological polar surface area (TPSA) is 15.9 Å². The molecule has 0 aliphatic carbocycles. The van der Waals surface area contributed by atoms with E-state index in [2.05, 4.69) is 5.32 Å². The fourth-order valence-electron chi connectivity index (χ4n) is 2.33. The molecule has 0 fully saturated rings.